The van der Waals surface area contributed by atoms with Crippen molar-refractivity contribution in [3.8, 4) is 0 Å². The van der Waals surface area contributed by atoms with Gasteiger partial charge in [0.05, 0.1) is 6.10 Å². The molecule has 1 aromatic carbocycles. The predicted molar refractivity (Wildman–Crippen MR) is 65.1 cm³/mol. The van der Waals surface area contributed by atoms with Crippen LogP contribution >= 0.6 is 11.6 Å². The van der Waals surface area contributed by atoms with E-state index in [-0.39, 0.29) is 0 Å². The van der Waals surface area contributed by atoms with Crippen molar-refractivity contribution in [3.63, 3.8) is 0 Å². The molecule has 0 saturated carbocycles. The third-order valence-electron chi connectivity index (χ3n) is 2.68. The Morgan fingerprint density at radius 1 is 1.38 bits per heavy atom. The summed E-state index contributed by atoms with van der Waals surface area (Å²) in [6.07, 6.45) is 2.18. The number of hydrogen-bond donors (Lipinski definition) is 1. The Hall–Kier alpha value is -0.600. The molecule has 0 aliphatic carbocycles. The van der Waals surface area contributed by atoms with E-state index in [4.69, 9.17) is 11.6 Å². The first-order valence-corrected chi connectivity index (χ1v) is 6.04. The van der Waals surface area contributed by atoms with Crippen molar-refractivity contribution in [1.29, 1.82) is 0 Å². The maximum atomic E-state index is 13.1. The van der Waals surface area contributed by atoms with Gasteiger partial charge in [0.2, 0.25) is 0 Å². The Labute approximate surface area is 101 Å². The normalized spacial score (nSPS) is 14.8. The summed E-state index contributed by atoms with van der Waals surface area (Å²) in [6, 6.07) is 4.20. The minimum atomic E-state index is -0.630. The molecule has 90 valence electrons. The minimum Gasteiger partial charge on any atom is -0.388 e. The lowest BCUT2D eigenvalue weighted by Crippen LogP contribution is -2.04. The summed E-state index contributed by atoms with van der Waals surface area (Å²) < 4.78 is 13.1. The quantitative estimate of drug-likeness (QED) is 0.817. The Kier molecular flexibility index (Phi) is 5.23. The van der Waals surface area contributed by atoms with Crippen molar-refractivity contribution < 1.29 is 9.50 Å². The SMILES string of the molecule is CCCC(C)CC(O)c1cc(F)cc(Cl)c1. The molecule has 0 aliphatic heterocycles. The molecule has 1 N–H and O–H groups in total. The fourth-order valence-electron chi connectivity index (χ4n) is 1.90. The Morgan fingerprint density at radius 3 is 2.62 bits per heavy atom. The molecular formula is C13H18ClFO. The molecule has 0 amide bonds. The maximum absolute atomic E-state index is 13.1. The minimum absolute atomic E-state index is 0.331. The third kappa shape index (κ3) is 4.11. The lowest BCUT2D eigenvalue weighted by atomic mass is 9.95. The standard InChI is InChI=1S/C13H18ClFO/c1-3-4-9(2)5-13(16)10-6-11(14)8-12(15)7-10/h6-9,13,16H,3-5H2,1-2H3. The molecule has 0 radical (unpaired) electrons. The molecular weight excluding hydrogens is 227 g/mol. The lowest BCUT2D eigenvalue weighted by Gasteiger charge is -2.16. The summed E-state index contributed by atoms with van der Waals surface area (Å²) >= 11 is 5.74. The number of aliphatic hydroxyl groups excluding tert-OH is 1. The van der Waals surface area contributed by atoms with Gasteiger partial charge in [-0.1, -0.05) is 38.3 Å². The number of hydrogen-bond acceptors (Lipinski definition) is 1. The molecule has 3 heteroatoms. The van der Waals surface area contributed by atoms with Crippen LogP contribution in [0.2, 0.25) is 5.02 Å². The zero-order valence-corrected chi connectivity index (χ0v) is 10.5. The predicted octanol–water partition coefficient (Wildman–Crippen LogP) is 4.34. The van der Waals surface area contributed by atoms with Gasteiger partial charge in [-0.05, 0) is 36.1 Å². The summed E-state index contributed by atoms with van der Waals surface area (Å²) in [6.45, 7) is 4.20. The monoisotopic (exact) mass is 244 g/mol. The van der Waals surface area contributed by atoms with Crippen LogP contribution in [0.25, 0.3) is 0 Å². The first-order chi connectivity index (χ1) is 7.52. The smallest absolute Gasteiger partial charge is 0.125 e. The van der Waals surface area contributed by atoms with E-state index in [0.29, 0.717) is 22.9 Å². The van der Waals surface area contributed by atoms with Crippen LogP contribution in [0.4, 0.5) is 4.39 Å². The molecule has 16 heavy (non-hydrogen) atoms. The van der Waals surface area contributed by atoms with Crippen LogP contribution in [-0.4, -0.2) is 5.11 Å². The molecule has 2 unspecified atom stereocenters. The Balaban J connectivity index is 2.68. The van der Waals surface area contributed by atoms with Gasteiger partial charge in [0.1, 0.15) is 5.82 Å². The second kappa shape index (κ2) is 6.21. The van der Waals surface area contributed by atoms with Gasteiger partial charge in [-0.15, -0.1) is 0 Å². The molecule has 1 nitrogen and oxygen atoms in total. The second-order valence-electron chi connectivity index (χ2n) is 4.35. The van der Waals surface area contributed by atoms with Gasteiger partial charge < -0.3 is 5.11 Å². The van der Waals surface area contributed by atoms with Crippen molar-refractivity contribution in [2.75, 3.05) is 0 Å². The highest BCUT2D eigenvalue weighted by atomic mass is 35.5. The molecule has 0 bridgehead atoms. The van der Waals surface area contributed by atoms with E-state index in [1.54, 1.807) is 6.07 Å². The van der Waals surface area contributed by atoms with Gasteiger partial charge in [0.15, 0.2) is 0 Å². The van der Waals surface area contributed by atoms with Gasteiger partial charge in [-0.2, -0.15) is 0 Å². The van der Waals surface area contributed by atoms with Crippen LogP contribution in [0.1, 0.15) is 44.8 Å². The van der Waals surface area contributed by atoms with E-state index in [1.807, 2.05) is 0 Å². The topological polar surface area (TPSA) is 20.2 Å². The van der Waals surface area contributed by atoms with Gasteiger partial charge >= 0.3 is 0 Å². The third-order valence-corrected chi connectivity index (χ3v) is 2.89. The zero-order valence-electron chi connectivity index (χ0n) is 9.71. The van der Waals surface area contributed by atoms with E-state index in [1.165, 1.54) is 12.1 Å². The summed E-state index contributed by atoms with van der Waals surface area (Å²) in [4.78, 5) is 0. The Morgan fingerprint density at radius 2 is 2.06 bits per heavy atom. The molecule has 1 aromatic rings. The second-order valence-corrected chi connectivity index (χ2v) is 4.78. The fourth-order valence-corrected chi connectivity index (χ4v) is 2.13. The summed E-state index contributed by atoms with van der Waals surface area (Å²) in [7, 11) is 0. The molecule has 0 aliphatic rings. The molecule has 0 heterocycles. The molecule has 0 spiro atoms. The molecule has 0 aromatic heterocycles. The average Bonchev–Trinajstić information content (AvgIpc) is 2.16. The van der Waals surface area contributed by atoms with E-state index >= 15 is 0 Å². The highest BCUT2D eigenvalue weighted by Gasteiger charge is 2.13. The highest BCUT2D eigenvalue weighted by molar-refractivity contribution is 6.30. The van der Waals surface area contributed by atoms with Crippen molar-refractivity contribution in [2.45, 2.75) is 39.2 Å². The fraction of sp³-hybridized carbons (Fsp3) is 0.538. The highest BCUT2D eigenvalue weighted by Crippen LogP contribution is 2.26. The van der Waals surface area contributed by atoms with Crippen molar-refractivity contribution in [1.82, 2.24) is 0 Å². The zero-order chi connectivity index (χ0) is 12.1. The van der Waals surface area contributed by atoms with Crippen LogP contribution < -0.4 is 0 Å². The largest absolute Gasteiger partial charge is 0.388 e. The lowest BCUT2D eigenvalue weighted by molar-refractivity contribution is 0.145. The van der Waals surface area contributed by atoms with Crippen molar-refractivity contribution in [2.24, 2.45) is 5.92 Å². The van der Waals surface area contributed by atoms with Crippen LogP contribution in [-0.2, 0) is 0 Å². The first-order valence-electron chi connectivity index (χ1n) is 5.67. The van der Waals surface area contributed by atoms with Gasteiger partial charge in [0.25, 0.3) is 0 Å². The first kappa shape index (κ1) is 13.5. The van der Waals surface area contributed by atoms with E-state index in [2.05, 4.69) is 13.8 Å². The number of aliphatic hydroxyl groups is 1. The molecule has 0 fully saturated rings. The molecule has 1 rings (SSSR count). The van der Waals surface area contributed by atoms with Gasteiger partial charge in [-0.3, -0.25) is 0 Å². The van der Waals surface area contributed by atoms with Crippen molar-refractivity contribution >= 4 is 11.6 Å². The average molecular weight is 245 g/mol. The van der Waals surface area contributed by atoms with Crippen LogP contribution in [0, 0.1) is 11.7 Å². The van der Waals surface area contributed by atoms with Crippen LogP contribution in [0.3, 0.4) is 0 Å². The number of halogens is 2. The number of benzene rings is 1. The van der Waals surface area contributed by atoms with Gasteiger partial charge in [-0.25, -0.2) is 4.39 Å². The summed E-state index contributed by atoms with van der Waals surface area (Å²) in [5.41, 5.74) is 0.563. The van der Waals surface area contributed by atoms with Crippen LogP contribution in [0.15, 0.2) is 18.2 Å². The Bertz CT molecular complexity index is 320. The summed E-state index contributed by atoms with van der Waals surface area (Å²) in [5, 5.41) is 10.3. The van der Waals surface area contributed by atoms with Crippen LogP contribution in [0.5, 0.6) is 0 Å². The molecule has 2 atom stereocenters. The van der Waals surface area contributed by atoms with Crippen molar-refractivity contribution in [3.05, 3.63) is 34.6 Å². The van der Waals surface area contributed by atoms with E-state index < -0.39 is 11.9 Å². The molecule has 0 saturated heterocycles. The maximum Gasteiger partial charge on any atom is 0.125 e. The summed E-state index contributed by atoms with van der Waals surface area (Å²) in [5.74, 6) is 0.0340. The number of rotatable bonds is 5. The van der Waals surface area contributed by atoms with Gasteiger partial charge in [0, 0.05) is 5.02 Å². The van der Waals surface area contributed by atoms with E-state index in [0.717, 1.165) is 12.8 Å². The van der Waals surface area contributed by atoms with E-state index in [9.17, 15) is 9.50 Å².